The van der Waals surface area contributed by atoms with E-state index in [9.17, 15) is 4.79 Å². The van der Waals surface area contributed by atoms with E-state index in [1.807, 2.05) is 17.0 Å². The summed E-state index contributed by atoms with van der Waals surface area (Å²) in [6, 6.07) is 4.15. The van der Waals surface area contributed by atoms with Crippen molar-refractivity contribution >= 4 is 17.7 Å². The van der Waals surface area contributed by atoms with Crippen molar-refractivity contribution in [3.05, 3.63) is 12.1 Å². The van der Waals surface area contributed by atoms with Gasteiger partial charge in [-0.05, 0) is 37.8 Å². The van der Waals surface area contributed by atoms with E-state index in [0.29, 0.717) is 29.0 Å². The van der Waals surface area contributed by atoms with Gasteiger partial charge in [-0.2, -0.15) is 0 Å². The van der Waals surface area contributed by atoms with Crippen molar-refractivity contribution in [2.75, 3.05) is 40.2 Å². The van der Waals surface area contributed by atoms with Gasteiger partial charge in [0, 0.05) is 24.7 Å². The Morgan fingerprint density at radius 3 is 2.12 bits per heavy atom. The van der Waals surface area contributed by atoms with Crippen LogP contribution in [0.5, 0.6) is 17.2 Å². The Morgan fingerprint density at radius 1 is 0.912 bits per heavy atom. The quantitative estimate of drug-likeness (QED) is 0.485. The standard InChI is InChI=1S/C25H36N4O4S/c1-31-20-15-18(16-21(32-2)23(20)33-3)24-26-27-25(29(24)19-11-7-6-8-12-19)34-17-22(30)28-13-9-4-5-10-14-28/h15-16,19H,4-14,17H2,1-3H3. The third-order valence-electron chi connectivity index (χ3n) is 6.81. The van der Waals surface area contributed by atoms with Crippen molar-refractivity contribution in [1.29, 1.82) is 0 Å². The fourth-order valence-corrected chi connectivity index (χ4v) is 5.90. The molecule has 1 amide bonds. The SMILES string of the molecule is COc1cc(-c2nnc(SCC(=O)N3CCCCCC3)n2C2CCCCC2)cc(OC)c1OC. The molecule has 2 aliphatic rings. The number of hydrogen-bond acceptors (Lipinski definition) is 7. The number of amides is 1. The molecule has 4 rings (SSSR count). The molecule has 0 N–H and O–H groups in total. The maximum Gasteiger partial charge on any atom is 0.233 e. The number of aromatic nitrogens is 3. The van der Waals surface area contributed by atoms with Crippen LogP contribution in [0.15, 0.2) is 17.3 Å². The van der Waals surface area contributed by atoms with Gasteiger partial charge in [-0.3, -0.25) is 9.36 Å². The zero-order valence-corrected chi connectivity index (χ0v) is 21.4. The Kier molecular flexibility index (Phi) is 8.59. The molecular weight excluding hydrogens is 452 g/mol. The number of likely N-dealkylation sites (tertiary alicyclic amines) is 1. The third-order valence-corrected chi connectivity index (χ3v) is 7.74. The van der Waals surface area contributed by atoms with Crippen LogP contribution < -0.4 is 14.2 Å². The van der Waals surface area contributed by atoms with Gasteiger partial charge >= 0.3 is 0 Å². The highest BCUT2D eigenvalue weighted by molar-refractivity contribution is 7.99. The highest BCUT2D eigenvalue weighted by Gasteiger charge is 2.26. The first-order valence-electron chi connectivity index (χ1n) is 12.3. The molecule has 186 valence electrons. The molecule has 2 fully saturated rings. The average Bonchev–Trinajstić information content (AvgIpc) is 3.11. The van der Waals surface area contributed by atoms with Crippen molar-refractivity contribution in [2.45, 2.75) is 69.0 Å². The summed E-state index contributed by atoms with van der Waals surface area (Å²) in [7, 11) is 4.83. The second-order valence-corrected chi connectivity index (χ2v) is 9.91. The van der Waals surface area contributed by atoms with E-state index >= 15 is 0 Å². The van der Waals surface area contributed by atoms with Crippen molar-refractivity contribution in [3.8, 4) is 28.6 Å². The third kappa shape index (κ3) is 5.45. The summed E-state index contributed by atoms with van der Waals surface area (Å²) in [5.74, 6) is 3.08. The normalized spacial score (nSPS) is 17.3. The van der Waals surface area contributed by atoms with Crippen molar-refractivity contribution in [1.82, 2.24) is 19.7 Å². The van der Waals surface area contributed by atoms with Crippen LogP contribution in [0.3, 0.4) is 0 Å². The lowest BCUT2D eigenvalue weighted by Gasteiger charge is -2.26. The van der Waals surface area contributed by atoms with Crippen LogP contribution in [-0.4, -0.2) is 65.7 Å². The van der Waals surface area contributed by atoms with Crippen LogP contribution in [0.4, 0.5) is 0 Å². The van der Waals surface area contributed by atoms with E-state index in [-0.39, 0.29) is 5.91 Å². The zero-order valence-electron chi connectivity index (χ0n) is 20.5. The van der Waals surface area contributed by atoms with Gasteiger partial charge in [0.25, 0.3) is 0 Å². The fourth-order valence-electron chi connectivity index (χ4n) is 4.99. The van der Waals surface area contributed by atoms with E-state index in [1.54, 1.807) is 21.3 Å². The highest BCUT2D eigenvalue weighted by atomic mass is 32.2. The lowest BCUT2D eigenvalue weighted by molar-refractivity contribution is -0.128. The molecule has 9 heteroatoms. The van der Waals surface area contributed by atoms with E-state index in [1.165, 1.54) is 43.9 Å². The number of methoxy groups -OCH3 is 3. The maximum absolute atomic E-state index is 12.9. The summed E-state index contributed by atoms with van der Waals surface area (Å²) < 4.78 is 18.9. The van der Waals surface area contributed by atoms with Crippen molar-refractivity contribution in [3.63, 3.8) is 0 Å². The van der Waals surface area contributed by atoms with Crippen LogP contribution in [0.1, 0.15) is 63.8 Å². The zero-order chi connectivity index (χ0) is 23.9. The number of rotatable bonds is 8. The van der Waals surface area contributed by atoms with Crippen LogP contribution in [0, 0.1) is 0 Å². The van der Waals surface area contributed by atoms with E-state index < -0.39 is 0 Å². The minimum atomic E-state index is 0.194. The molecule has 1 aromatic heterocycles. The molecule has 2 heterocycles. The number of nitrogens with zero attached hydrogens (tertiary/aromatic N) is 4. The second kappa shape index (κ2) is 11.8. The van der Waals surface area contributed by atoms with Crippen molar-refractivity contribution in [2.24, 2.45) is 0 Å². The molecule has 0 unspecified atom stereocenters. The molecule has 2 aromatic rings. The number of benzene rings is 1. The lowest BCUT2D eigenvalue weighted by Crippen LogP contribution is -2.33. The summed E-state index contributed by atoms with van der Waals surface area (Å²) in [5.41, 5.74) is 0.860. The van der Waals surface area contributed by atoms with Gasteiger partial charge in [0.1, 0.15) is 0 Å². The summed E-state index contributed by atoms with van der Waals surface area (Å²) in [5, 5.41) is 9.94. The maximum atomic E-state index is 12.9. The Hall–Kier alpha value is -2.42. The van der Waals surface area contributed by atoms with E-state index in [2.05, 4.69) is 14.8 Å². The van der Waals surface area contributed by atoms with Crippen LogP contribution in [-0.2, 0) is 4.79 Å². The Bertz CT molecular complexity index is 941. The lowest BCUT2D eigenvalue weighted by atomic mass is 9.95. The molecule has 1 aliphatic carbocycles. The molecular formula is C25H36N4O4S. The predicted molar refractivity (Wildman–Crippen MR) is 133 cm³/mol. The predicted octanol–water partition coefficient (Wildman–Crippen LogP) is 4.97. The first-order valence-corrected chi connectivity index (χ1v) is 13.3. The fraction of sp³-hybridized carbons (Fsp3) is 0.640. The summed E-state index contributed by atoms with van der Waals surface area (Å²) >= 11 is 1.50. The van der Waals surface area contributed by atoms with Crippen molar-refractivity contribution < 1.29 is 19.0 Å². The van der Waals surface area contributed by atoms with E-state index in [4.69, 9.17) is 14.2 Å². The molecule has 1 aromatic carbocycles. The van der Waals surface area contributed by atoms with Crippen LogP contribution in [0.25, 0.3) is 11.4 Å². The molecule has 0 atom stereocenters. The highest BCUT2D eigenvalue weighted by Crippen LogP contribution is 2.43. The largest absolute Gasteiger partial charge is 0.493 e. The molecule has 1 aliphatic heterocycles. The number of hydrogen-bond donors (Lipinski definition) is 0. The minimum Gasteiger partial charge on any atom is -0.493 e. The first kappa shape index (κ1) is 24.7. The number of carbonyl (C=O) groups is 1. The summed E-state index contributed by atoms with van der Waals surface area (Å²) in [6.45, 7) is 1.73. The summed E-state index contributed by atoms with van der Waals surface area (Å²) in [4.78, 5) is 14.9. The van der Waals surface area contributed by atoms with Gasteiger partial charge < -0.3 is 19.1 Å². The Morgan fingerprint density at radius 2 is 1.53 bits per heavy atom. The van der Waals surface area contributed by atoms with Gasteiger partial charge in [-0.25, -0.2) is 0 Å². The molecule has 34 heavy (non-hydrogen) atoms. The Balaban J connectivity index is 1.64. The summed E-state index contributed by atoms with van der Waals surface area (Å²) in [6.07, 6.45) is 10.4. The molecule has 1 saturated carbocycles. The monoisotopic (exact) mass is 488 g/mol. The van der Waals surface area contributed by atoms with Gasteiger partial charge in [0.2, 0.25) is 11.7 Å². The van der Waals surface area contributed by atoms with Gasteiger partial charge in [-0.15, -0.1) is 10.2 Å². The molecule has 0 radical (unpaired) electrons. The molecule has 0 bridgehead atoms. The molecule has 0 spiro atoms. The molecule has 8 nitrogen and oxygen atoms in total. The van der Waals surface area contributed by atoms with Gasteiger partial charge in [0.05, 0.1) is 27.1 Å². The smallest absolute Gasteiger partial charge is 0.233 e. The van der Waals surface area contributed by atoms with Gasteiger partial charge in [-0.1, -0.05) is 43.9 Å². The Labute approximate surface area is 206 Å². The van der Waals surface area contributed by atoms with Gasteiger partial charge in [0.15, 0.2) is 22.5 Å². The van der Waals surface area contributed by atoms with E-state index in [0.717, 1.165) is 55.3 Å². The van der Waals surface area contributed by atoms with Crippen LogP contribution in [0.2, 0.25) is 0 Å². The minimum absolute atomic E-state index is 0.194. The van der Waals surface area contributed by atoms with Crippen LogP contribution >= 0.6 is 11.8 Å². The topological polar surface area (TPSA) is 78.7 Å². The second-order valence-electron chi connectivity index (χ2n) is 8.97. The average molecular weight is 489 g/mol. The number of carbonyl (C=O) groups excluding carboxylic acids is 1. The number of ether oxygens (including phenoxy) is 3. The first-order chi connectivity index (χ1) is 16.7. The number of thioether (sulfide) groups is 1. The molecule has 1 saturated heterocycles.